The van der Waals surface area contributed by atoms with Crippen LogP contribution in [0.1, 0.15) is 58.5 Å². The van der Waals surface area contributed by atoms with Crippen LogP contribution >= 0.6 is 0 Å². The van der Waals surface area contributed by atoms with E-state index in [1.165, 1.54) is 11.1 Å². The molecule has 0 amide bonds. The predicted molar refractivity (Wildman–Crippen MR) is 95.3 cm³/mol. The van der Waals surface area contributed by atoms with E-state index in [0.717, 1.165) is 25.7 Å². The van der Waals surface area contributed by atoms with Gasteiger partial charge in [-0.05, 0) is 35.1 Å². The molecule has 130 valence electrons. The Balaban J connectivity index is 0.000000443. The van der Waals surface area contributed by atoms with E-state index in [2.05, 4.69) is 13.8 Å². The normalized spacial score (nSPS) is 9.36. The van der Waals surface area contributed by atoms with Crippen LogP contribution in [0.5, 0.6) is 0 Å². The average molecular weight is 534 g/mol. The third-order valence-electron chi connectivity index (χ3n) is 3.46. The molecule has 0 saturated carbocycles. The fourth-order valence-electron chi connectivity index (χ4n) is 2.19. The van der Waals surface area contributed by atoms with Crippen molar-refractivity contribution >= 4 is 39.2 Å². The Bertz CT molecular complexity index is 589. The molecular weight excluding hydrogens is 511 g/mol. The minimum atomic E-state index is -1.11. The van der Waals surface area contributed by atoms with E-state index in [0.29, 0.717) is 0 Å². The molecule has 0 fully saturated rings. The number of benzene rings is 2. The molecule has 0 unspecified atom stereocenters. The number of carbonyl (C=O) groups excluding carboxylic acids is 2. The molecule has 25 heavy (non-hydrogen) atoms. The zero-order valence-corrected chi connectivity index (χ0v) is 18.5. The topological polar surface area (TPSA) is 80.3 Å². The summed E-state index contributed by atoms with van der Waals surface area (Å²) in [6.07, 6.45) is 4.13. The molecule has 2 aromatic carbocycles. The molecule has 0 aliphatic rings. The number of hydrogen-bond acceptors (Lipinski definition) is 4. The number of rotatable bonds is 6. The van der Waals surface area contributed by atoms with Crippen molar-refractivity contribution in [2.45, 2.75) is 39.5 Å². The van der Waals surface area contributed by atoms with Gasteiger partial charge in [0.25, 0.3) is 0 Å². The van der Waals surface area contributed by atoms with E-state index >= 15 is 0 Å². The molecule has 2 rings (SSSR count). The molecule has 0 aliphatic carbocycles. The average Bonchev–Trinajstić information content (AvgIpc) is 2.57. The molecule has 0 heterocycles. The summed E-state index contributed by atoms with van der Waals surface area (Å²) in [6.45, 7) is 4.18. The van der Waals surface area contributed by atoms with Crippen LogP contribution in [-0.4, -0.2) is 39.2 Å². The summed E-state index contributed by atoms with van der Waals surface area (Å²) >= 11 is 0. The summed E-state index contributed by atoms with van der Waals surface area (Å²) in [5.74, 6) is -2.23. The van der Waals surface area contributed by atoms with Gasteiger partial charge in [-0.3, -0.25) is 0 Å². The predicted octanol–water partition coefficient (Wildman–Crippen LogP) is 1.62. The van der Waals surface area contributed by atoms with Gasteiger partial charge < -0.3 is 19.8 Å². The fraction of sp³-hybridized carbons (Fsp3) is 0.300. The van der Waals surface area contributed by atoms with E-state index in [-0.39, 0.29) is 38.4 Å². The zero-order valence-electron chi connectivity index (χ0n) is 14.6. The fourth-order valence-corrected chi connectivity index (χ4v) is 2.19. The van der Waals surface area contributed by atoms with Crippen molar-refractivity contribution in [2.24, 2.45) is 0 Å². The summed E-state index contributed by atoms with van der Waals surface area (Å²) in [4.78, 5) is 20.7. The van der Waals surface area contributed by atoms with Crippen molar-refractivity contribution in [1.82, 2.24) is 0 Å². The van der Waals surface area contributed by atoms with E-state index < -0.39 is 11.9 Å². The van der Waals surface area contributed by atoms with Crippen LogP contribution in [0.15, 0.2) is 48.5 Å². The second-order valence-electron chi connectivity index (χ2n) is 5.47. The number of carbonyl (C=O) groups is 2. The summed E-state index contributed by atoms with van der Waals surface area (Å²) < 4.78 is 0. The first-order valence-corrected chi connectivity index (χ1v) is 8.08. The molecule has 0 spiro atoms. The van der Waals surface area contributed by atoms with Crippen molar-refractivity contribution in [3.05, 3.63) is 70.8 Å². The zero-order chi connectivity index (χ0) is 17.9. The Hall–Kier alpha value is -1.70. The molecule has 0 N–H and O–H groups in total. The van der Waals surface area contributed by atoms with Crippen LogP contribution in [0.25, 0.3) is 0 Å². The molecule has 0 saturated heterocycles. The summed E-state index contributed by atoms with van der Waals surface area (Å²) in [7, 11) is 0. The standard InChI is InChI=1S/2C10H12O2.Pb/c2*1-2-3-8-4-6-9(7-5-8)10(11)12;/h2*4-7H,2-3H2,1H3,(H,11,12);/q;;+2/p-2. The summed E-state index contributed by atoms with van der Waals surface area (Å²) in [5, 5.41) is 20.7. The van der Waals surface area contributed by atoms with Crippen molar-refractivity contribution in [1.29, 1.82) is 0 Å². The van der Waals surface area contributed by atoms with Gasteiger partial charge in [0, 0.05) is 0 Å². The SMILES string of the molecule is CCCc1ccc(C(=O)[O-])cc1.CCCc1ccc(C(=O)[O-])cc1.[Pb+2]. The maximum atomic E-state index is 10.4. The smallest absolute Gasteiger partial charge is 0.545 e. The molecule has 2 aromatic rings. The van der Waals surface area contributed by atoms with Crippen LogP contribution in [0, 0.1) is 0 Å². The summed E-state index contributed by atoms with van der Waals surface area (Å²) in [6, 6.07) is 13.6. The first-order valence-electron chi connectivity index (χ1n) is 8.08. The van der Waals surface area contributed by atoms with Crippen molar-refractivity contribution < 1.29 is 19.8 Å². The Kier molecular flexibility index (Phi) is 11.8. The van der Waals surface area contributed by atoms with Crippen LogP contribution in [0.2, 0.25) is 0 Å². The van der Waals surface area contributed by atoms with Gasteiger partial charge in [-0.1, -0.05) is 75.2 Å². The van der Waals surface area contributed by atoms with E-state index in [1.807, 2.05) is 24.3 Å². The number of carboxylic acids is 2. The van der Waals surface area contributed by atoms with Crippen molar-refractivity contribution in [3.8, 4) is 0 Å². The Labute approximate surface area is 169 Å². The first-order chi connectivity index (χ1) is 11.5. The van der Waals surface area contributed by atoms with Crippen LogP contribution in [0.4, 0.5) is 0 Å². The monoisotopic (exact) mass is 534 g/mol. The molecule has 2 radical (unpaired) electrons. The van der Waals surface area contributed by atoms with Crippen LogP contribution in [-0.2, 0) is 12.8 Å². The maximum Gasteiger partial charge on any atom is 2.00 e. The molecule has 0 aliphatic heterocycles. The molecule has 0 bridgehead atoms. The van der Waals surface area contributed by atoms with Gasteiger partial charge in [0.05, 0.1) is 11.9 Å². The largest absolute Gasteiger partial charge is 2.00 e. The van der Waals surface area contributed by atoms with Crippen molar-refractivity contribution in [3.63, 3.8) is 0 Å². The van der Waals surface area contributed by atoms with Gasteiger partial charge in [0.15, 0.2) is 0 Å². The third kappa shape index (κ3) is 8.81. The van der Waals surface area contributed by atoms with Gasteiger partial charge in [-0.15, -0.1) is 0 Å². The number of aromatic carboxylic acids is 2. The second-order valence-corrected chi connectivity index (χ2v) is 5.47. The number of aryl methyl sites for hydroxylation is 2. The maximum absolute atomic E-state index is 10.4. The molecule has 0 atom stereocenters. The number of carboxylic acid groups (broad SMARTS) is 2. The van der Waals surface area contributed by atoms with E-state index in [4.69, 9.17) is 0 Å². The Morgan fingerprint density at radius 2 is 0.960 bits per heavy atom. The van der Waals surface area contributed by atoms with Gasteiger partial charge in [0.1, 0.15) is 0 Å². The van der Waals surface area contributed by atoms with Gasteiger partial charge in [0.2, 0.25) is 0 Å². The van der Waals surface area contributed by atoms with Gasteiger partial charge in [-0.2, -0.15) is 0 Å². The third-order valence-corrected chi connectivity index (χ3v) is 3.46. The Morgan fingerprint density at radius 1 is 0.680 bits per heavy atom. The van der Waals surface area contributed by atoms with Crippen LogP contribution < -0.4 is 10.2 Å². The Morgan fingerprint density at radius 3 is 1.16 bits per heavy atom. The van der Waals surface area contributed by atoms with Crippen molar-refractivity contribution in [2.75, 3.05) is 0 Å². The molecule has 5 heteroatoms. The molecule has 4 nitrogen and oxygen atoms in total. The minimum absolute atomic E-state index is 0. The molecule has 0 aromatic heterocycles. The van der Waals surface area contributed by atoms with E-state index in [1.54, 1.807) is 24.3 Å². The first kappa shape index (κ1) is 23.3. The minimum Gasteiger partial charge on any atom is -0.545 e. The van der Waals surface area contributed by atoms with Crippen LogP contribution in [0.3, 0.4) is 0 Å². The van der Waals surface area contributed by atoms with Gasteiger partial charge >= 0.3 is 27.3 Å². The second kappa shape index (κ2) is 12.6. The quantitative estimate of drug-likeness (QED) is 0.529. The van der Waals surface area contributed by atoms with E-state index in [9.17, 15) is 19.8 Å². The van der Waals surface area contributed by atoms with Gasteiger partial charge in [-0.25, -0.2) is 0 Å². The molecular formula is C20H22O4Pb. The number of hydrogen-bond donors (Lipinski definition) is 0. The summed E-state index contributed by atoms with van der Waals surface area (Å²) in [5.41, 5.74) is 2.83.